The van der Waals surface area contributed by atoms with Crippen molar-refractivity contribution in [2.24, 2.45) is 0 Å². The number of nitrogens with zero attached hydrogens (tertiary/aromatic N) is 2. The zero-order valence-electron chi connectivity index (χ0n) is 12.3. The highest BCUT2D eigenvalue weighted by atomic mass is 16.5. The van der Waals surface area contributed by atoms with Crippen LogP contribution in [-0.4, -0.2) is 58.9 Å². The van der Waals surface area contributed by atoms with Crippen LogP contribution in [0.15, 0.2) is 0 Å². The first kappa shape index (κ1) is 15.0. The molecular formula is C14H22N2O4. The van der Waals surface area contributed by atoms with Crippen LogP contribution in [-0.2, 0) is 19.1 Å². The molecule has 0 bridgehead atoms. The van der Waals surface area contributed by atoms with E-state index in [1.165, 1.54) is 4.90 Å². The van der Waals surface area contributed by atoms with Crippen molar-refractivity contribution in [2.75, 3.05) is 19.6 Å². The maximum Gasteiger partial charge on any atom is 0.229 e. The van der Waals surface area contributed by atoms with E-state index < -0.39 is 0 Å². The van der Waals surface area contributed by atoms with Crippen LogP contribution in [0.3, 0.4) is 0 Å². The molecule has 0 radical (unpaired) electrons. The van der Waals surface area contributed by atoms with E-state index in [1.54, 1.807) is 4.90 Å². The first-order valence-corrected chi connectivity index (χ1v) is 7.07. The van der Waals surface area contributed by atoms with Crippen LogP contribution in [0.5, 0.6) is 0 Å². The van der Waals surface area contributed by atoms with Crippen LogP contribution >= 0.6 is 0 Å². The maximum absolute atomic E-state index is 12.2. The Bertz CT molecular complexity index is 417. The van der Waals surface area contributed by atoms with Crippen molar-refractivity contribution in [3.05, 3.63) is 0 Å². The largest absolute Gasteiger partial charge is 0.369 e. The van der Waals surface area contributed by atoms with Crippen LogP contribution in [0.1, 0.15) is 40.0 Å². The highest BCUT2D eigenvalue weighted by Crippen LogP contribution is 2.21. The summed E-state index contributed by atoms with van der Waals surface area (Å²) in [6, 6.07) is 0. The van der Waals surface area contributed by atoms with Gasteiger partial charge in [-0.05, 0) is 20.8 Å². The Balaban J connectivity index is 1.88. The van der Waals surface area contributed by atoms with Gasteiger partial charge in [-0.25, -0.2) is 0 Å². The Morgan fingerprint density at radius 1 is 1.30 bits per heavy atom. The summed E-state index contributed by atoms with van der Waals surface area (Å²) in [5.41, 5.74) is -0.355. The van der Waals surface area contributed by atoms with E-state index in [4.69, 9.17) is 4.74 Å². The third-order valence-electron chi connectivity index (χ3n) is 3.63. The lowest BCUT2D eigenvalue weighted by Gasteiger charge is -2.41. The van der Waals surface area contributed by atoms with Crippen molar-refractivity contribution in [1.29, 1.82) is 0 Å². The Morgan fingerprint density at radius 3 is 2.45 bits per heavy atom. The summed E-state index contributed by atoms with van der Waals surface area (Å²) in [5.74, 6) is -0.363. The number of carbonyl (C=O) groups is 3. The van der Waals surface area contributed by atoms with E-state index in [1.807, 2.05) is 20.8 Å². The summed E-state index contributed by atoms with van der Waals surface area (Å²) in [5, 5.41) is 0. The number of ether oxygens (including phenoxy) is 1. The molecule has 0 saturated carbocycles. The average molecular weight is 282 g/mol. The van der Waals surface area contributed by atoms with Crippen molar-refractivity contribution in [3.63, 3.8) is 0 Å². The summed E-state index contributed by atoms with van der Waals surface area (Å²) in [6.07, 6.45) is 0.738. The number of hydrogen-bond donors (Lipinski definition) is 0. The molecule has 0 spiro atoms. The van der Waals surface area contributed by atoms with E-state index in [9.17, 15) is 14.4 Å². The molecule has 2 saturated heterocycles. The molecule has 6 nitrogen and oxygen atoms in total. The quantitative estimate of drug-likeness (QED) is 0.709. The molecular weight excluding hydrogens is 260 g/mol. The van der Waals surface area contributed by atoms with Crippen molar-refractivity contribution in [3.8, 4) is 0 Å². The van der Waals surface area contributed by atoms with Gasteiger partial charge in [0.2, 0.25) is 17.7 Å². The fourth-order valence-corrected chi connectivity index (χ4v) is 2.88. The molecule has 0 aliphatic carbocycles. The van der Waals surface area contributed by atoms with Gasteiger partial charge in [-0.15, -0.1) is 0 Å². The topological polar surface area (TPSA) is 66.9 Å². The molecule has 0 aromatic heterocycles. The number of likely N-dealkylation sites (tertiary alicyclic amines) is 1. The van der Waals surface area contributed by atoms with E-state index in [-0.39, 0.29) is 55.2 Å². The van der Waals surface area contributed by atoms with Gasteiger partial charge in [0.15, 0.2) is 0 Å². The lowest BCUT2D eigenvalue weighted by atomic mass is 10.1. The zero-order chi connectivity index (χ0) is 14.9. The molecule has 20 heavy (non-hydrogen) atoms. The molecule has 2 rings (SSSR count). The summed E-state index contributed by atoms with van der Waals surface area (Å²) >= 11 is 0. The summed E-state index contributed by atoms with van der Waals surface area (Å²) < 4.78 is 5.75. The molecule has 0 N–H and O–H groups in total. The maximum atomic E-state index is 12.2. The molecule has 0 aromatic carbocycles. The van der Waals surface area contributed by atoms with Crippen molar-refractivity contribution in [1.82, 2.24) is 9.80 Å². The van der Waals surface area contributed by atoms with Crippen LogP contribution < -0.4 is 0 Å². The smallest absolute Gasteiger partial charge is 0.229 e. The molecule has 112 valence electrons. The van der Waals surface area contributed by atoms with Gasteiger partial charge in [0.05, 0.1) is 11.7 Å². The standard InChI is InChI=1S/C14H22N2O4/c1-10-8-15(9-14(2,3)20-10)11(17)6-7-16-12(18)4-5-13(16)19/h10H,4-9H2,1-3H3. The third kappa shape index (κ3) is 3.36. The number of imide groups is 1. The predicted octanol–water partition coefficient (Wildman–Crippen LogP) is 0.551. The van der Waals surface area contributed by atoms with Gasteiger partial charge in [-0.2, -0.15) is 0 Å². The Hall–Kier alpha value is -1.43. The fraction of sp³-hybridized carbons (Fsp3) is 0.786. The van der Waals surface area contributed by atoms with E-state index in [0.29, 0.717) is 13.1 Å². The van der Waals surface area contributed by atoms with Gasteiger partial charge in [-0.1, -0.05) is 0 Å². The summed E-state index contributed by atoms with van der Waals surface area (Å²) in [7, 11) is 0. The Labute approximate surface area is 119 Å². The first-order chi connectivity index (χ1) is 9.28. The minimum Gasteiger partial charge on any atom is -0.369 e. The SMILES string of the molecule is CC1CN(C(=O)CCN2C(=O)CCC2=O)CC(C)(C)O1. The van der Waals surface area contributed by atoms with Crippen molar-refractivity contribution in [2.45, 2.75) is 51.7 Å². The number of rotatable bonds is 3. The molecule has 2 aliphatic heterocycles. The number of amides is 3. The highest BCUT2D eigenvalue weighted by molar-refractivity contribution is 6.02. The summed E-state index contributed by atoms with van der Waals surface area (Å²) in [4.78, 5) is 38.2. The minimum atomic E-state index is -0.355. The van der Waals surface area contributed by atoms with Gasteiger partial charge in [-0.3, -0.25) is 19.3 Å². The van der Waals surface area contributed by atoms with E-state index >= 15 is 0 Å². The predicted molar refractivity (Wildman–Crippen MR) is 71.8 cm³/mol. The third-order valence-corrected chi connectivity index (χ3v) is 3.63. The molecule has 6 heteroatoms. The zero-order valence-corrected chi connectivity index (χ0v) is 12.3. The molecule has 2 heterocycles. The summed E-state index contributed by atoms with van der Waals surface area (Å²) in [6.45, 7) is 7.15. The van der Waals surface area contributed by atoms with E-state index in [0.717, 1.165) is 0 Å². The highest BCUT2D eigenvalue weighted by Gasteiger charge is 2.34. The molecule has 2 aliphatic rings. The normalized spacial score (nSPS) is 26.2. The van der Waals surface area contributed by atoms with Crippen LogP contribution in [0.4, 0.5) is 0 Å². The molecule has 3 amide bonds. The van der Waals surface area contributed by atoms with Gasteiger partial charge in [0.1, 0.15) is 0 Å². The van der Waals surface area contributed by atoms with Crippen LogP contribution in [0.25, 0.3) is 0 Å². The lowest BCUT2D eigenvalue weighted by Crippen LogP contribution is -2.54. The fourth-order valence-electron chi connectivity index (χ4n) is 2.88. The second kappa shape index (κ2) is 5.52. The number of hydrogen-bond acceptors (Lipinski definition) is 4. The monoisotopic (exact) mass is 282 g/mol. The van der Waals surface area contributed by atoms with Crippen LogP contribution in [0.2, 0.25) is 0 Å². The Morgan fingerprint density at radius 2 is 1.90 bits per heavy atom. The van der Waals surface area contributed by atoms with Crippen LogP contribution in [0, 0.1) is 0 Å². The number of carbonyl (C=O) groups excluding carboxylic acids is 3. The molecule has 2 fully saturated rings. The van der Waals surface area contributed by atoms with Gasteiger partial charge >= 0.3 is 0 Å². The van der Waals surface area contributed by atoms with Gasteiger partial charge < -0.3 is 9.64 Å². The Kier molecular flexibility index (Phi) is 4.13. The first-order valence-electron chi connectivity index (χ1n) is 7.07. The van der Waals surface area contributed by atoms with E-state index in [2.05, 4.69) is 0 Å². The second-order valence-electron chi connectivity index (χ2n) is 6.15. The molecule has 1 unspecified atom stereocenters. The lowest BCUT2D eigenvalue weighted by molar-refractivity contribution is -0.158. The number of morpholine rings is 1. The van der Waals surface area contributed by atoms with Crippen molar-refractivity contribution >= 4 is 17.7 Å². The second-order valence-corrected chi connectivity index (χ2v) is 6.15. The van der Waals surface area contributed by atoms with Crippen molar-refractivity contribution < 1.29 is 19.1 Å². The minimum absolute atomic E-state index is 0.00208. The molecule has 0 aromatic rings. The average Bonchev–Trinajstić information content (AvgIpc) is 2.63. The van der Waals surface area contributed by atoms with Gasteiger partial charge in [0.25, 0.3) is 0 Å². The molecule has 1 atom stereocenters. The van der Waals surface area contributed by atoms with Gasteiger partial charge in [0, 0.05) is 38.9 Å².